The van der Waals surface area contributed by atoms with Crippen molar-refractivity contribution in [3.63, 3.8) is 0 Å². The zero-order valence-electron chi connectivity index (χ0n) is 9.65. The summed E-state index contributed by atoms with van der Waals surface area (Å²) in [5.41, 5.74) is -0.781. The number of hydrogen-bond acceptors (Lipinski definition) is 3. The van der Waals surface area contributed by atoms with Gasteiger partial charge in [-0.3, -0.25) is 4.79 Å². The fraction of sp³-hybridized carbons (Fsp3) is 0.800. The second kappa shape index (κ2) is 5.43. The lowest BCUT2D eigenvalue weighted by molar-refractivity contribution is -0.146. The van der Waals surface area contributed by atoms with E-state index < -0.39 is 11.4 Å². The molecule has 2 N–H and O–H groups in total. The maximum atomic E-state index is 11.6. The molecule has 1 heterocycles. The number of thioether (sulfide) groups is 1. The van der Waals surface area contributed by atoms with Crippen LogP contribution < -0.4 is 5.32 Å². The molecule has 0 radical (unpaired) electrons. The van der Waals surface area contributed by atoms with E-state index in [1.165, 1.54) is 0 Å². The Balaban J connectivity index is 2.41. The number of carbonyl (C=O) groups excluding carboxylic acids is 1. The van der Waals surface area contributed by atoms with Crippen molar-refractivity contribution >= 4 is 23.8 Å². The summed E-state index contributed by atoms with van der Waals surface area (Å²) in [6.07, 6.45) is 2.50. The molecule has 1 saturated heterocycles. The summed E-state index contributed by atoms with van der Waals surface area (Å²) in [6, 6.07) is -0.154. The summed E-state index contributed by atoms with van der Waals surface area (Å²) in [7, 11) is 0. The van der Waals surface area contributed by atoms with E-state index in [1.54, 1.807) is 23.6 Å². The number of amides is 2. The summed E-state index contributed by atoms with van der Waals surface area (Å²) in [5, 5.41) is 11.8. The van der Waals surface area contributed by atoms with Gasteiger partial charge in [-0.2, -0.15) is 11.8 Å². The highest BCUT2D eigenvalue weighted by atomic mass is 32.2. The average molecular weight is 246 g/mol. The lowest BCUT2D eigenvalue weighted by atomic mass is 9.90. The van der Waals surface area contributed by atoms with Gasteiger partial charge in [0.2, 0.25) is 0 Å². The Bertz CT molecular complexity index is 285. The Kier molecular flexibility index (Phi) is 4.46. The first kappa shape index (κ1) is 13.2. The van der Waals surface area contributed by atoms with Gasteiger partial charge in [-0.1, -0.05) is 0 Å². The number of carboxylic acids is 1. The van der Waals surface area contributed by atoms with Crippen LogP contribution in [0, 0.1) is 5.41 Å². The molecule has 2 amide bonds. The van der Waals surface area contributed by atoms with E-state index in [1.807, 2.05) is 6.26 Å². The minimum absolute atomic E-state index is 0.154. The molecule has 0 aliphatic carbocycles. The second-order valence-electron chi connectivity index (χ2n) is 4.26. The molecule has 1 atom stereocenters. The molecule has 1 rings (SSSR count). The number of hydrogen-bond donors (Lipinski definition) is 2. The standard InChI is InChI=1S/C10H18N2O3S/c1-10(8(13)14)3-5-12(7-10)9(15)11-4-6-16-2/h3-7H2,1-2H3,(H,11,15)(H,13,14). The van der Waals surface area contributed by atoms with Crippen LogP contribution in [-0.4, -0.2) is 53.6 Å². The predicted octanol–water partition coefficient (Wildman–Crippen LogP) is 0.856. The molecular weight excluding hydrogens is 228 g/mol. The van der Waals surface area contributed by atoms with E-state index in [-0.39, 0.29) is 6.03 Å². The van der Waals surface area contributed by atoms with Gasteiger partial charge in [0.05, 0.1) is 5.41 Å². The third-order valence-corrected chi connectivity index (χ3v) is 3.47. The van der Waals surface area contributed by atoms with Crippen molar-refractivity contribution < 1.29 is 14.7 Å². The Morgan fingerprint density at radius 1 is 1.56 bits per heavy atom. The van der Waals surface area contributed by atoms with Gasteiger partial charge in [0.1, 0.15) is 0 Å². The van der Waals surface area contributed by atoms with Gasteiger partial charge in [-0.25, -0.2) is 4.79 Å². The maximum absolute atomic E-state index is 11.6. The molecule has 5 nitrogen and oxygen atoms in total. The Morgan fingerprint density at radius 2 is 2.25 bits per heavy atom. The highest BCUT2D eigenvalue weighted by Crippen LogP contribution is 2.29. The molecular formula is C10H18N2O3S. The number of rotatable bonds is 4. The summed E-state index contributed by atoms with van der Waals surface area (Å²) in [6.45, 7) is 3.13. The van der Waals surface area contributed by atoms with Crippen molar-refractivity contribution in [3.05, 3.63) is 0 Å². The Morgan fingerprint density at radius 3 is 2.75 bits per heavy atom. The first-order valence-corrected chi connectivity index (χ1v) is 6.64. The first-order chi connectivity index (χ1) is 7.49. The van der Waals surface area contributed by atoms with Crippen LogP contribution in [0.25, 0.3) is 0 Å². The summed E-state index contributed by atoms with van der Waals surface area (Å²) in [4.78, 5) is 24.2. The number of urea groups is 1. The van der Waals surface area contributed by atoms with Crippen LogP contribution in [0.1, 0.15) is 13.3 Å². The third kappa shape index (κ3) is 3.04. The molecule has 0 bridgehead atoms. The molecule has 16 heavy (non-hydrogen) atoms. The smallest absolute Gasteiger partial charge is 0.317 e. The largest absolute Gasteiger partial charge is 0.481 e. The predicted molar refractivity (Wildman–Crippen MR) is 63.7 cm³/mol. The number of carbonyl (C=O) groups is 2. The molecule has 0 saturated carbocycles. The van der Waals surface area contributed by atoms with Gasteiger partial charge < -0.3 is 15.3 Å². The van der Waals surface area contributed by atoms with Gasteiger partial charge in [0.15, 0.2) is 0 Å². The highest BCUT2D eigenvalue weighted by molar-refractivity contribution is 7.98. The monoisotopic (exact) mass is 246 g/mol. The minimum Gasteiger partial charge on any atom is -0.481 e. The Labute approximate surface area is 99.6 Å². The third-order valence-electron chi connectivity index (χ3n) is 2.86. The molecule has 1 aliphatic rings. The van der Waals surface area contributed by atoms with Gasteiger partial charge in [0, 0.05) is 25.4 Å². The van der Waals surface area contributed by atoms with Crippen molar-refractivity contribution in [2.24, 2.45) is 5.41 Å². The number of aliphatic carboxylic acids is 1. The van der Waals surface area contributed by atoms with Gasteiger partial charge in [-0.05, 0) is 19.6 Å². The maximum Gasteiger partial charge on any atom is 0.317 e. The van der Waals surface area contributed by atoms with Gasteiger partial charge in [-0.15, -0.1) is 0 Å². The second-order valence-corrected chi connectivity index (χ2v) is 5.25. The van der Waals surface area contributed by atoms with Crippen LogP contribution >= 0.6 is 11.8 Å². The topological polar surface area (TPSA) is 69.6 Å². The van der Waals surface area contributed by atoms with Crippen molar-refractivity contribution in [1.82, 2.24) is 10.2 Å². The lowest BCUT2D eigenvalue weighted by Gasteiger charge is -2.20. The van der Waals surface area contributed by atoms with Crippen LogP contribution in [0.5, 0.6) is 0 Å². The summed E-state index contributed by atoms with van der Waals surface area (Å²) < 4.78 is 0. The van der Waals surface area contributed by atoms with E-state index in [0.29, 0.717) is 26.1 Å². The number of nitrogens with one attached hydrogen (secondary N) is 1. The van der Waals surface area contributed by atoms with Crippen molar-refractivity contribution in [2.45, 2.75) is 13.3 Å². The number of carboxylic acid groups (broad SMARTS) is 1. The quantitative estimate of drug-likeness (QED) is 0.722. The molecule has 1 aliphatic heterocycles. The zero-order valence-corrected chi connectivity index (χ0v) is 10.5. The molecule has 1 unspecified atom stereocenters. The van der Waals surface area contributed by atoms with Crippen LogP contribution in [0.2, 0.25) is 0 Å². The minimum atomic E-state index is -0.827. The van der Waals surface area contributed by atoms with E-state index in [4.69, 9.17) is 5.11 Å². The molecule has 0 spiro atoms. The molecule has 0 aromatic heterocycles. The fourth-order valence-corrected chi connectivity index (χ4v) is 1.99. The van der Waals surface area contributed by atoms with E-state index in [0.717, 1.165) is 5.75 Å². The molecule has 6 heteroatoms. The first-order valence-electron chi connectivity index (χ1n) is 5.25. The zero-order chi connectivity index (χ0) is 12.2. The van der Waals surface area contributed by atoms with Crippen LogP contribution in [0.3, 0.4) is 0 Å². The van der Waals surface area contributed by atoms with Gasteiger partial charge in [0.25, 0.3) is 0 Å². The van der Waals surface area contributed by atoms with Crippen molar-refractivity contribution in [3.8, 4) is 0 Å². The fourth-order valence-electron chi connectivity index (χ4n) is 1.68. The van der Waals surface area contributed by atoms with Gasteiger partial charge >= 0.3 is 12.0 Å². The van der Waals surface area contributed by atoms with Crippen molar-refractivity contribution in [1.29, 1.82) is 0 Å². The molecule has 0 aromatic rings. The van der Waals surface area contributed by atoms with Crippen LogP contribution in [0.4, 0.5) is 4.79 Å². The molecule has 1 fully saturated rings. The number of likely N-dealkylation sites (tertiary alicyclic amines) is 1. The van der Waals surface area contributed by atoms with E-state index in [2.05, 4.69) is 5.32 Å². The van der Waals surface area contributed by atoms with Crippen molar-refractivity contribution in [2.75, 3.05) is 31.6 Å². The summed E-state index contributed by atoms with van der Waals surface area (Å²) in [5.74, 6) is 0.0439. The molecule has 92 valence electrons. The molecule has 0 aromatic carbocycles. The lowest BCUT2D eigenvalue weighted by Crippen LogP contribution is -2.41. The average Bonchev–Trinajstić information content (AvgIpc) is 2.63. The highest BCUT2D eigenvalue weighted by Gasteiger charge is 2.41. The number of nitrogens with zero attached hydrogens (tertiary/aromatic N) is 1. The van der Waals surface area contributed by atoms with Crippen LogP contribution in [0.15, 0.2) is 0 Å². The summed E-state index contributed by atoms with van der Waals surface area (Å²) >= 11 is 1.66. The van der Waals surface area contributed by atoms with E-state index in [9.17, 15) is 9.59 Å². The normalized spacial score (nSPS) is 24.5. The SMILES string of the molecule is CSCCNC(=O)N1CCC(C)(C(=O)O)C1. The van der Waals surface area contributed by atoms with Crippen LogP contribution in [-0.2, 0) is 4.79 Å². The van der Waals surface area contributed by atoms with E-state index >= 15 is 0 Å². The Hall–Kier alpha value is -0.910.